The Balaban J connectivity index is 2.05. The van der Waals surface area contributed by atoms with Gasteiger partial charge in [-0.25, -0.2) is 4.98 Å². The number of aromatic nitrogens is 1. The Hall–Kier alpha value is -0.430. The lowest BCUT2D eigenvalue weighted by Crippen LogP contribution is -2.52. The maximum absolute atomic E-state index is 12.9. The van der Waals surface area contributed by atoms with Gasteiger partial charge in [0.25, 0.3) is 0 Å². The zero-order chi connectivity index (χ0) is 19.5. The first kappa shape index (κ1) is 18.0. The van der Waals surface area contributed by atoms with E-state index in [1.54, 1.807) is 16.6 Å². The molecule has 0 amide bonds. The van der Waals surface area contributed by atoms with Gasteiger partial charge >= 0.3 is 0 Å². The molecular weight excluding hydrogens is 350 g/mol. The van der Waals surface area contributed by atoms with Crippen molar-refractivity contribution in [3.8, 4) is 0 Å². The molecule has 1 aromatic rings. The summed E-state index contributed by atoms with van der Waals surface area (Å²) >= 11 is 0.390. The third-order valence-corrected chi connectivity index (χ3v) is 7.67. The van der Waals surface area contributed by atoms with Crippen LogP contribution in [0.2, 0.25) is 1.41 Å². The number of fused-ring (bicyclic) bond motifs is 1. The number of hydrogen-bond donors (Lipinski definition) is 1. The fourth-order valence-corrected chi connectivity index (χ4v) is 5.53. The van der Waals surface area contributed by atoms with Gasteiger partial charge in [0.15, 0.2) is 0 Å². The minimum absolute atomic E-state index is 0.0167. The SMILES string of the molecule is [2H]N1CCC2(Cc3nc(C)sc3/C2=N\[S+]([O-])C(C)(C)C)C[C@@H]1C(C)(C)C. The van der Waals surface area contributed by atoms with E-state index in [4.69, 9.17) is 10.8 Å². The summed E-state index contributed by atoms with van der Waals surface area (Å²) in [4.78, 5) is 5.88. The van der Waals surface area contributed by atoms with Crippen LogP contribution in [0.4, 0.5) is 0 Å². The van der Waals surface area contributed by atoms with Crippen molar-refractivity contribution in [1.82, 2.24) is 10.3 Å². The van der Waals surface area contributed by atoms with Gasteiger partial charge in [-0.1, -0.05) is 25.2 Å². The van der Waals surface area contributed by atoms with Gasteiger partial charge in [-0.15, -0.1) is 11.3 Å². The summed E-state index contributed by atoms with van der Waals surface area (Å²) < 4.78 is 25.7. The van der Waals surface area contributed by atoms with Gasteiger partial charge in [-0.05, 0) is 52.5 Å². The molecule has 25 heavy (non-hydrogen) atoms. The van der Waals surface area contributed by atoms with E-state index < -0.39 is 11.4 Å². The van der Waals surface area contributed by atoms with Gasteiger partial charge in [0.05, 0.1) is 15.6 Å². The predicted octanol–water partition coefficient (Wildman–Crippen LogP) is 4.04. The molecule has 0 bridgehead atoms. The molecule has 3 atom stereocenters. The van der Waals surface area contributed by atoms with E-state index in [1.807, 2.05) is 27.7 Å². The fourth-order valence-electron chi connectivity index (χ4n) is 3.71. The van der Waals surface area contributed by atoms with E-state index in [9.17, 15) is 4.55 Å². The molecule has 140 valence electrons. The molecule has 2 heterocycles. The van der Waals surface area contributed by atoms with Crippen molar-refractivity contribution in [1.29, 1.82) is 0 Å². The second kappa shape index (κ2) is 6.32. The Morgan fingerprint density at radius 2 is 2.04 bits per heavy atom. The number of aryl methyl sites for hydroxylation is 1. The molecule has 1 aliphatic carbocycles. The average molecular weight is 383 g/mol. The third-order valence-electron chi connectivity index (χ3n) is 5.25. The highest BCUT2D eigenvalue weighted by Gasteiger charge is 2.51. The van der Waals surface area contributed by atoms with Gasteiger partial charge < -0.3 is 9.86 Å². The lowest BCUT2D eigenvalue weighted by Gasteiger charge is -2.44. The standard InChI is InChI=1S/C19H31N3OS2/c1-12-21-13-10-19(8-9-20-14(11-19)17(2,3)4)16(15(13)24-12)22-25(23)18(5,6)7/h14,20H,8-11H2,1-7H3/b22-16+/t14-,19?,25?/m1/s1/i/hD. The van der Waals surface area contributed by atoms with Crippen molar-refractivity contribution in [2.75, 3.05) is 6.54 Å². The highest BCUT2D eigenvalue weighted by Crippen LogP contribution is 2.49. The summed E-state index contributed by atoms with van der Waals surface area (Å²) in [6.45, 7) is 15.3. The molecule has 6 heteroatoms. The van der Waals surface area contributed by atoms with Crippen molar-refractivity contribution < 1.29 is 5.96 Å². The summed E-state index contributed by atoms with van der Waals surface area (Å²) in [5.74, 6) is 0. The Labute approximate surface area is 160 Å². The van der Waals surface area contributed by atoms with Crippen LogP contribution in [0.3, 0.4) is 0 Å². The number of thiazole rings is 1. The molecule has 1 saturated heterocycles. The van der Waals surface area contributed by atoms with Gasteiger partial charge in [0.1, 0.15) is 23.2 Å². The van der Waals surface area contributed by atoms with Crippen molar-refractivity contribution in [2.45, 2.75) is 78.5 Å². The average Bonchev–Trinajstić information content (AvgIpc) is 2.95. The molecule has 1 aromatic heterocycles. The number of hydrogen-bond acceptors (Lipinski definition) is 5. The molecule has 1 aliphatic heterocycles. The number of piperidine rings is 1. The molecule has 3 rings (SSSR count). The summed E-state index contributed by atoms with van der Waals surface area (Å²) in [5, 5.41) is 2.79. The van der Waals surface area contributed by atoms with Crippen LogP contribution in [0, 0.1) is 17.8 Å². The summed E-state index contributed by atoms with van der Waals surface area (Å²) in [6, 6.07) is 0.152. The lowest BCUT2D eigenvalue weighted by atomic mass is 9.68. The minimum atomic E-state index is -1.29. The first-order chi connectivity index (χ1) is 11.8. The molecular formula is C19H31N3OS2. The third kappa shape index (κ3) is 3.68. The molecule has 4 nitrogen and oxygen atoms in total. The zero-order valence-corrected chi connectivity index (χ0v) is 18.1. The van der Waals surface area contributed by atoms with Crippen LogP contribution in [-0.2, 0) is 17.8 Å². The van der Waals surface area contributed by atoms with E-state index in [0.717, 1.165) is 47.1 Å². The van der Waals surface area contributed by atoms with Crippen LogP contribution in [0.15, 0.2) is 4.40 Å². The molecule has 0 aromatic carbocycles. The van der Waals surface area contributed by atoms with Crippen LogP contribution in [-0.4, -0.2) is 32.6 Å². The van der Waals surface area contributed by atoms with Gasteiger partial charge in [0.2, 0.25) is 0 Å². The molecule has 1 N–H and O–H groups in total. The summed E-state index contributed by atoms with van der Waals surface area (Å²) in [6.07, 6.45) is 2.63. The van der Waals surface area contributed by atoms with Crippen LogP contribution >= 0.6 is 11.3 Å². The van der Waals surface area contributed by atoms with Crippen LogP contribution in [0.1, 0.15) is 70.0 Å². The lowest BCUT2D eigenvalue weighted by molar-refractivity contribution is 0.156. The van der Waals surface area contributed by atoms with Gasteiger partial charge in [0, 0.05) is 17.9 Å². The number of nitrogens with zero attached hydrogens (tertiary/aromatic N) is 2. The quantitative estimate of drug-likeness (QED) is 0.746. The van der Waals surface area contributed by atoms with Gasteiger partial charge in [-0.3, -0.25) is 0 Å². The molecule has 1 spiro atoms. The van der Waals surface area contributed by atoms with Crippen LogP contribution in [0.25, 0.3) is 0 Å². The Bertz CT molecular complexity index is 719. The Kier molecular flexibility index (Phi) is 4.54. The van der Waals surface area contributed by atoms with Crippen molar-refractivity contribution in [3.05, 3.63) is 15.6 Å². The van der Waals surface area contributed by atoms with Gasteiger partial charge in [-0.2, -0.15) is 0 Å². The van der Waals surface area contributed by atoms with E-state index in [2.05, 4.69) is 20.8 Å². The summed E-state index contributed by atoms with van der Waals surface area (Å²) in [7, 11) is 0. The molecule has 2 unspecified atom stereocenters. The van der Waals surface area contributed by atoms with Crippen molar-refractivity contribution in [2.24, 2.45) is 15.2 Å². The van der Waals surface area contributed by atoms with E-state index in [-0.39, 0.29) is 21.6 Å². The second-order valence-corrected chi connectivity index (χ2v) is 12.6. The van der Waals surface area contributed by atoms with Crippen LogP contribution < -0.4 is 5.31 Å². The van der Waals surface area contributed by atoms with Crippen LogP contribution in [0.5, 0.6) is 0 Å². The smallest absolute Gasteiger partial charge is 0.144 e. The Morgan fingerprint density at radius 1 is 1.36 bits per heavy atom. The maximum Gasteiger partial charge on any atom is 0.144 e. The zero-order valence-electron chi connectivity index (χ0n) is 17.5. The monoisotopic (exact) mass is 382 g/mol. The molecule has 1 fully saturated rings. The predicted molar refractivity (Wildman–Crippen MR) is 108 cm³/mol. The van der Waals surface area contributed by atoms with E-state index in [1.165, 1.54) is 0 Å². The second-order valence-electron chi connectivity index (χ2n) is 9.51. The molecule has 0 radical (unpaired) electrons. The first-order valence-corrected chi connectivity index (χ1v) is 11.0. The maximum atomic E-state index is 12.9. The van der Waals surface area contributed by atoms with E-state index >= 15 is 0 Å². The normalized spacial score (nSPS) is 31.4. The number of rotatable bonds is 1. The van der Waals surface area contributed by atoms with Crippen molar-refractivity contribution >= 4 is 28.4 Å². The highest BCUT2D eigenvalue weighted by atomic mass is 32.2. The fraction of sp³-hybridized carbons (Fsp3) is 0.789. The number of nitrogens with one attached hydrogen (secondary N) is 1. The summed E-state index contributed by atoms with van der Waals surface area (Å²) in [5.41, 5.74) is 2.00. The highest BCUT2D eigenvalue weighted by molar-refractivity contribution is 7.91. The minimum Gasteiger partial charge on any atom is -0.591 e. The largest absolute Gasteiger partial charge is 0.591 e. The Morgan fingerprint density at radius 3 is 2.64 bits per heavy atom. The molecule has 0 saturated carbocycles. The topological polar surface area (TPSA) is 60.3 Å². The molecule has 2 aliphatic rings. The van der Waals surface area contributed by atoms with Crippen molar-refractivity contribution in [3.63, 3.8) is 0 Å². The first-order valence-electron chi connectivity index (χ1n) is 9.52. The van der Waals surface area contributed by atoms with E-state index in [0.29, 0.717) is 0 Å².